The molecule has 0 aromatic heterocycles. The molecule has 34 heavy (non-hydrogen) atoms. The summed E-state index contributed by atoms with van der Waals surface area (Å²) in [5, 5.41) is 4.04. The number of hydrogen-bond donors (Lipinski definition) is 1. The zero-order valence-corrected chi connectivity index (χ0v) is 20.9. The summed E-state index contributed by atoms with van der Waals surface area (Å²) in [6, 6.07) is 15.9. The van der Waals surface area contributed by atoms with Crippen LogP contribution in [0.5, 0.6) is 0 Å². The molecule has 1 aliphatic carbocycles. The minimum absolute atomic E-state index is 0.00869. The summed E-state index contributed by atoms with van der Waals surface area (Å²) in [6.07, 6.45) is 1.01. The highest BCUT2D eigenvalue weighted by molar-refractivity contribution is 6.31. The number of allylic oxidation sites excluding steroid dienone is 3. The van der Waals surface area contributed by atoms with Gasteiger partial charge in [0, 0.05) is 53.1 Å². The summed E-state index contributed by atoms with van der Waals surface area (Å²) in [5.41, 5.74) is 5.73. The third-order valence-electron chi connectivity index (χ3n) is 6.93. The van der Waals surface area contributed by atoms with E-state index in [9.17, 15) is 9.59 Å². The van der Waals surface area contributed by atoms with Crippen molar-refractivity contribution in [1.82, 2.24) is 5.32 Å². The van der Waals surface area contributed by atoms with E-state index in [1.807, 2.05) is 43.3 Å². The molecule has 0 radical (unpaired) electrons. The second-order valence-electron chi connectivity index (χ2n) is 8.79. The molecule has 1 heterocycles. The Morgan fingerprint density at radius 1 is 1.09 bits per heavy atom. The summed E-state index contributed by atoms with van der Waals surface area (Å²) in [5.74, 6) is -0.861. The number of halogens is 1. The lowest BCUT2D eigenvalue weighted by Crippen LogP contribution is -2.36. The highest BCUT2D eigenvalue weighted by Crippen LogP contribution is 2.46. The van der Waals surface area contributed by atoms with Gasteiger partial charge in [0.25, 0.3) is 0 Å². The van der Waals surface area contributed by atoms with Gasteiger partial charge >= 0.3 is 5.97 Å². The first-order chi connectivity index (χ1) is 16.4. The number of anilines is 1. The predicted molar refractivity (Wildman–Crippen MR) is 136 cm³/mol. The van der Waals surface area contributed by atoms with Gasteiger partial charge in [-0.2, -0.15) is 0 Å². The van der Waals surface area contributed by atoms with Gasteiger partial charge in [0.15, 0.2) is 5.78 Å². The summed E-state index contributed by atoms with van der Waals surface area (Å²) in [7, 11) is 1.38. The van der Waals surface area contributed by atoms with Crippen LogP contribution in [0, 0.1) is 0 Å². The largest absolute Gasteiger partial charge is 0.466 e. The van der Waals surface area contributed by atoms with Crippen molar-refractivity contribution in [1.29, 1.82) is 0 Å². The molecule has 2 atom stereocenters. The monoisotopic (exact) mass is 478 g/mol. The Kier molecular flexibility index (Phi) is 7.13. The fourth-order valence-corrected chi connectivity index (χ4v) is 5.54. The molecule has 2 aromatic carbocycles. The van der Waals surface area contributed by atoms with E-state index in [-0.39, 0.29) is 11.7 Å². The highest BCUT2D eigenvalue weighted by Gasteiger charge is 2.41. The van der Waals surface area contributed by atoms with Gasteiger partial charge in [0.1, 0.15) is 0 Å². The molecule has 0 fully saturated rings. The quantitative estimate of drug-likeness (QED) is 0.538. The van der Waals surface area contributed by atoms with Crippen molar-refractivity contribution in [3.05, 3.63) is 87.2 Å². The summed E-state index contributed by atoms with van der Waals surface area (Å²) in [4.78, 5) is 28.7. The number of nitrogens with one attached hydrogen (secondary N) is 1. The van der Waals surface area contributed by atoms with E-state index in [2.05, 4.69) is 36.2 Å². The lowest BCUT2D eigenvalue weighted by atomic mass is 9.71. The average molecular weight is 479 g/mol. The van der Waals surface area contributed by atoms with Gasteiger partial charge in [-0.1, -0.05) is 41.9 Å². The van der Waals surface area contributed by atoms with Crippen LogP contribution in [0.25, 0.3) is 0 Å². The normalized spacial score (nSPS) is 20.1. The molecule has 0 bridgehead atoms. The van der Waals surface area contributed by atoms with E-state index < -0.39 is 11.9 Å². The Morgan fingerprint density at radius 2 is 1.76 bits per heavy atom. The minimum Gasteiger partial charge on any atom is -0.466 e. The second-order valence-corrected chi connectivity index (χ2v) is 9.20. The van der Waals surface area contributed by atoms with Crippen LogP contribution >= 0.6 is 11.6 Å². The third-order valence-corrected chi connectivity index (χ3v) is 7.28. The highest BCUT2D eigenvalue weighted by atomic mass is 35.5. The molecule has 1 N–H and O–H groups in total. The van der Waals surface area contributed by atoms with Gasteiger partial charge in [-0.15, -0.1) is 0 Å². The number of Topliss-reactive ketones (excluding diaryl/α,β-unsaturated/α-hetero) is 1. The second kappa shape index (κ2) is 10.1. The number of methoxy groups -OCH3 is 1. The van der Waals surface area contributed by atoms with E-state index in [0.717, 1.165) is 41.3 Å². The molecule has 4 rings (SSSR count). The molecule has 0 spiro atoms. The Balaban J connectivity index is 1.78. The molecule has 6 heteroatoms. The van der Waals surface area contributed by atoms with Crippen LogP contribution < -0.4 is 10.2 Å². The van der Waals surface area contributed by atoms with Crippen LogP contribution in [0.1, 0.15) is 56.6 Å². The topological polar surface area (TPSA) is 58.6 Å². The Hall–Kier alpha value is -3.05. The first-order valence-electron chi connectivity index (χ1n) is 11.8. The zero-order chi connectivity index (χ0) is 24.4. The van der Waals surface area contributed by atoms with Gasteiger partial charge < -0.3 is 15.0 Å². The Labute approximate surface area is 206 Å². The molecule has 178 valence electrons. The van der Waals surface area contributed by atoms with Crippen molar-refractivity contribution < 1.29 is 14.3 Å². The summed E-state index contributed by atoms with van der Waals surface area (Å²) >= 11 is 6.46. The fraction of sp³-hybridized carbons (Fsp3) is 0.357. The van der Waals surface area contributed by atoms with Crippen molar-refractivity contribution in [2.24, 2.45) is 0 Å². The number of carbonyl (C=O) groups excluding carboxylic acids is 2. The van der Waals surface area contributed by atoms with Crippen LogP contribution in [0.3, 0.4) is 0 Å². The van der Waals surface area contributed by atoms with E-state index in [1.165, 1.54) is 7.11 Å². The number of esters is 1. The van der Waals surface area contributed by atoms with E-state index in [4.69, 9.17) is 16.3 Å². The van der Waals surface area contributed by atoms with E-state index >= 15 is 0 Å². The molecule has 0 unspecified atom stereocenters. The summed E-state index contributed by atoms with van der Waals surface area (Å²) < 4.78 is 5.13. The maximum Gasteiger partial charge on any atom is 0.336 e. The lowest BCUT2D eigenvalue weighted by Gasteiger charge is -2.37. The Bertz CT molecular complexity index is 1160. The predicted octanol–water partition coefficient (Wildman–Crippen LogP) is 5.72. The van der Waals surface area contributed by atoms with Gasteiger partial charge in [0.05, 0.1) is 12.7 Å². The number of ether oxygens (including phenoxy) is 1. The number of dihydropyridines is 1. The molecule has 2 aromatic rings. The minimum atomic E-state index is -0.464. The van der Waals surface area contributed by atoms with E-state index in [1.54, 1.807) is 0 Å². The van der Waals surface area contributed by atoms with Gasteiger partial charge in [-0.25, -0.2) is 4.79 Å². The summed E-state index contributed by atoms with van der Waals surface area (Å²) in [6.45, 7) is 7.94. The smallest absolute Gasteiger partial charge is 0.336 e. The van der Waals surface area contributed by atoms with Crippen molar-refractivity contribution in [3.8, 4) is 0 Å². The zero-order valence-electron chi connectivity index (χ0n) is 20.2. The lowest BCUT2D eigenvalue weighted by molar-refractivity contribution is -0.136. The Morgan fingerprint density at radius 3 is 2.38 bits per heavy atom. The molecule has 1 aliphatic heterocycles. The molecular weight excluding hydrogens is 448 g/mol. The first-order valence-corrected chi connectivity index (χ1v) is 12.2. The van der Waals surface area contributed by atoms with Crippen LogP contribution in [0.2, 0.25) is 5.02 Å². The number of benzene rings is 2. The average Bonchev–Trinajstić information content (AvgIpc) is 2.84. The van der Waals surface area contributed by atoms with Gasteiger partial charge in [-0.3, -0.25) is 4.79 Å². The van der Waals surface area contributed by atoms with Crippen LogP contribution in [0.4, 0.5) is 5.69 Å². The molecule has 2 aliphatic rings. The number of carbonyl (C=O) groups is 2. The standard InChI is InChI=1S/C28H31ClN2O3/c1-5-31(6-2)20-13-11-18(12-14-20)26-25(28(33)34-4)17(3)30-23-15-19(16-24(32)27(23)26)21-9-7-8-10-22(21)29/h7-14,19,26,30H,5-6,15-16H2,1-4H3/t19-,26+/m0/s1. The molecule has 0 saturated heterocycles. The number of hydrogen-bond acceptors (Lipinski definition) is 5. The SMILES string of the molecule is CCN(CC)c1ccc([C@@H]2C(C(=O)OC)=C(C)NC3=C2C(=O)C[C@@H](c2ccccc2Cl)C3)cc1. The maximum atomic E-state index is 13.6. The van der Waals surface area contributed by atoms with Crippen molar-refractivity contribution in [3.63, 3.8) is 0 Å². The van der Waals surface area contributed by atoms with Crippen molar-refractivity contribution in [2.45, 2.75) is 45.4 Å². The van der Waals surface area contributed by atoms with Crippen molar-refractivity contribution >= 4 is 29.0 Å². The van der Waals surface area contributed by atoms with Crippen LogP contribution in [-0.4, -0.2) is 32.0 Å². The maximum absolute atomic E-state index is 13.6. The van der Waals surface area contributed by atoms with E-state index in [0.29, 0.717) is 29.0 Å². The van der Waals surface area contributed by atoms with Crippen LogP contribution in [-0.2, 0) is 14.3 Å². The first kappa shape index (κ1) is 24.1. The number of nitrogens with zero attached hydrogens (tertiary/aromatic N) is 1. The van der Waals surface area contributed by atoms with Gasteiger partial charge in [0.2, 0.25) is 0 Å². The molecular formula is C28H31ClN2O3. The number of rotatable bonds is 6. The third kappa shape index (κ3) is 4.37. The molecule has 5 nitrogen and oxygen atoms in total. The fourth-order valence-electron chi connectivity index (χ4n) is 5.25. The van der Waals surface area contributed by atoms with Crippen LogP contribution in [0.15, 0.2) is 71.1 Å². The molecule has 0 saturated carbocycles. The van der Waals surface area contributed by atoms with Crippen molar-refractivity contribution in [2.75, 3.05) is 25.1 Å². The van der Waals surface area contributed by atoms with Gasteiger partial charge in [-0.05, 0) is 62.4 Å². The molecule has 0 amide bonds. The number of ketones is 1.